The number of alkyl halides is 2. The summed E-state index contributed by atoms with van der Waals surface area (Å²) in [5, 5.41) is 0. The van der Waals surface area contributed by atoms with Gasteiger partial charge < -0.3 is 0 Å². The summed E-state index contributed by atoms with van der Waals surface area (Å²) in [6, 6.07) is 21.0. The van der Waals surface area contributed by atoms with Crippen LogP contribution in [0.5, 0.6) is 0 Å². The third-order valence-corrected chi connectivity index (χ3v) is 4.88. The zero-order chi connectivity index (χ0) is 14.3. The molecule has 0 nitrogen and oxygen atoms in total. The molecule has 0 spiro atoms. The number of hydrogen-bond acceptors (Lipinski definition) is 0. The van der Waals surface area contributed by atoms with Crippen LogP contribution >= 0.6 is 23.2 Å². The molecule has 2 rings (SSSR count). The van der Waals surface area contributed by atoms with Crippen molar-refractivity contribution in [2.45, 2.75) is 24.7 Å². The van der Waals surface area contributed by atoms with Crippen LogP contribution in [0.4, 0.5) is 0 Å². The average Bonchev–Trinajstić information content (AvgIpc) is 2.54. The summed E-state index contributed by atoms with van der Waals surface area (Å²) >= 11 is 12.5. The fourth-order valence-electron chi connectivity index (χ4n) is 2.54. The van der Waals surface area contributed by atoms with E-state index in [-0.39, 0.29) is 5.41 Å². The van der Waals surface area contributed by atoms with Gasteiger partial charge in [0.25, 0.3) is 0 Å². The van der Waals surface area contributed by atoms with Gasteiger partial charge in [0.15, 0.2) is 0 Å². The first-order chi connectivity index (χ1) is 9.80. The van der Waals surface area contributed by atoms with Crippen LogP contribution in [0.3, 0.4) is 0 Å². The molecule has 2 heteroatoms. The summed E-state index contributed by atoms with van der Waals surface area (Å²) in [7, 11) is 0. The van der Waals surface area contributed by atoms with Crippen LogP contribution in [-0.4, -0.2) is 11.8 Å². The second-order valence-corrected chi connectivity index (χ2v) is 5.79. The predicted molar refractivity (Wildman–Crippen MR) is 88.9 cm³/mol. The van der Waals surface area contributed by atoms with Crippen molar-refractivity contribution in [3.8, 4) is 0 Å². The molecule has 0 aliphatic rings. The van der Waals surface area contributed by atoms with E-state index >= 15 is 0 Å². The van der Waals surface area contributed by atoms with Crippen LogP contribution in [0.25, 0.3) is 0 Å². The Labute approximate surface area is 131 Å². The molecule has 2 aromatic carbocycles. The third kappa shape index (κ3) is 3.77. The molecule has 0 bridgehead atoms. The predicted octanol–water partition coefficient (Wildman–Crippen LogP) is 5.42. The van der Waals surface area contributed by atoms with E-state index in [9.17, 15) is 0 Å². The molecular weight excluding hydrogens is 287 g/mol. The SMILES string of the molecule is ClCC(CCl)(CCCc1ccccc1)c1ccccc1. The van der Waals surface area contributed by atoms with Crippen molar-refractivity contribution in [1.82, 2.24) is 0 Å². The molecule has 0 aromatic heterocycles. The lowest BCUT2D eigenvalue weighted by atomic mass is 9.79. The Bertz CT molecular complexity index is 489. The van der Waals surface area contributed by atoms with Crippen molar-refractivity contribution >= 4 is 23.2 Å². The summed E-state index contributed by atoms with van der Waals surface area (Å²) < 4.78 is 0. The normalized spacial score (nSPS) is 11.5. The van der Waals surface area contributed by atoms with Gasteiger partial charge in [-0.05, 0) is 30.4 Å². The van der Waals surface area contributed by atoms with Gasteiger partial charge in [-0.2, -0.15) is 0 Å². The standard InChI is InChI=1S/C18H20Cl2/c19-14-18(15-20,17-11-5-2-6-12-17)13-7-10-16-8-3-1-4-9-16/h1-6,8-9,11-12H,7,10,13-15H2. The van der Waals surface area contributed by atoms with Crippen molar-refractivity contribution in [2.24, 2.45) is 0 Å². The maximum absolute atomic E-state index is 6.26. The summed E-state index contributed by atoms with van der Waals surface area (Å²) in [6.07, 6.45) is 3.18. The highest BCUT2D eigenvalue weighted by Gasteiger charge is 2.29. The van der Waals surface area contributed by atoms with Gasteiger partial charge in [0.05, 0.1) is 0 Å². The van der Waals surface area contributed by atoms with E-state index in [0.717, 1.165) is 19.3 Å². The summed E-state index contributed by atoms with van der Waals surface area (Å²) in [6.45, 7) is 0. The van der Waals surface area contributed by atoms with Crippen LogP contribution in [0.2, 0.25) is 0 Å². The lowest BCUT2D eigenvalue weighted by molar-refractivity contribution is 0.472. The molecule has 0 aliphatic heterocycles. The van der Waals surface area contributed by atoms with Gasteiger partial charge in [-0.3, -0.25) is 0 Å². The summed E-state index contributed by atoms with van der Waals surface area (Å²) in [5.74, 6) is 1.13. The van der Waals surface area contributed by atoms with Crippen LogP contribution in [-0.2, 0) is 11.8 Å². The molecule has 0 N–H and O–H groups in total. The third-order valence-electron chi connectivity index (χ3n) is 3.86. The van der Waals surface area contributed by atoms with E-state index in [1.807, 2.05) is 6.07 Å². The summed E-state index contributed by atoms with van der Waals surface area (Å²) in [4.78, 5) is 0. The minimum Gasteiger partial charge on any atom is -0.126 e. The molecule has 106 valence electrons. The quantitative estimate of drug-likeness (QED) is 0.599. The molecule has 0 radical (unpaired) electrons. The Kier molecular flexibility index (Phi) is 5.94. The molecule has 0 unspecified atom stereocenters. The Hall–Kier alpha value is -0.980. The zero-order valence-corrected chi connectivity index (χ0v) is 13.1. The smallest absolute Gasteiger partial charge is 0.0332 e. The van der Waals surface area contributed by atoms with E-state index in [1.54, 1.807) is 0 Å². The topological polar surface area (TPSA) is 0 Å². The van der Waals surface area contributed by atoms with Crippen LogP contribution in [0.1, 0.15) is 24.0 Å². The molecule has 0 saturated heterocycles. The highest BCUT2D eigenvalue weighted by molar-refractivity contribution is 6.22. The van der Waals surface area contributed by atoms with E-state index < -0.39 is 0 Å². The molecule has 0 fully saturated rings. The highest BCUT2D eigenvalue weighted by Crippen LogP contribution is 2.33. The molecule has 0 saturated carbocycles. The number of rotatable bonds is 7. The first kappa shape index (κ1) is 15.4. The van der Waals surface area contributed by atoms with Crippen molar-refractivity contribution in [2.75, 3.05) is 11.8 Å². The van der Waals surface area contributed by atoms with Crippen LogP contribution in [0.15, 0.2) is 60.7 Å². The second kappa shape index (κ2) is 7.71. The van der Waals surface area contributed by atoms with Gasteiger partial charge in [0.1, 0.15) is 0 Å². The van der Waals surface area contributed by atoms with Crippen LogP contribution in [0, 0.1) is 0 Å². The summed E-state index contributed by atoms with van der Waals surface area (Å²) in [5.41, 5.74) is 2.51. The molecule has 0 amide bonds. The van der Waals surface area contributed by atoms with Gasteiger partial charge in [0.2, 0.25) is 0 Å². The largest absolute Gasteiger partial charge is 0.126 e. The second-order valence-electron chi connectivity index (χ2n) is 5.25. The van der Waals surface area contributed by atoms with Crippen molar-refractivity contribution < 1.29 is 0 Å². The number of halogens is 2. The van der Waals surface area contributed by atoms with Crippen LogP contribution < -0.4 is 0 Å². The zero-order valence-electron chi connectivity index (χ0n) is 11.6. The Balaban J connectivity index is 2.03. The van der Waals surface area contributed by atoms with Gasteiger partial charge in [-0.15, -0.1) is 23.2 Å². The fraction of sp³-hybridized carbons (Fsp3) is 0.333. The molecular formula is C18H20Cl2. The number of benzene rings is 2. The Morgan fingerprint density at radius 3 is 1.85 bits per heavy atom. The fourth-order valence-corrected chi connectivity index (χ4v) is 3.40. The Morgan fingerprint density at radius 1 is 0.750 bits per heavy atom. The molecule has 0 aliphatic carbocycles. The average molecular weight is 307 g/mol. The van der Waals surface area contributed by atoms with Crippen molar-refractivity contribution in [3.05, 3.63) is 71.8 Å². The minimum absolute atomic E-state index is 0.112. The number of aryl methyl sites for hydroxylation is 1. The highest BCUT2D eigenvalue weighted by atomic mass is 35.5. The first-order valence-electron chi connectivity index (χ1n) is 7.02. The molecule has 0 heterocycles. The lowest BCUT2D eigenvalue weighted by Gasteiger charge is -2.30. The number of hydrogen-bond donors (Lipinski definition) is 0. The molecule has 0 atom stereocenters. The Morgan fingerprint density at radius 2 is 1.30 bits per heavy atom. The maximum atomic E-state index is 6.26. The molecule has 2 aromatic rings. The maximum Gasteiger partial charge on any atom is 0.0332 e. The monoisotopic (exact) mass is 306 g/mol. The first-order valence-corrected chi connectivity index (χ1v) is 8.09. The van der Waals surface area contributed by atoms with E-state index in [1.165, 1.54) is 11.1 Å². The van der Waals surface area contributed by atoms with Gasteiger partial charge >= 0.3 is 0 Å². The van der Waals surface area contributed by atoms with E-state index in [2.05, 4.69) is 54.6 Å². The van der Waals surface area contributed by atoms with E-state index in [4.69, 9.17) is 23.2 Å². The van der Waals surface area contributed by atoms with Gasteiger partial charge in [-0.25, -0.2) is 0 Å². The van der Waals surface area contributed by atoms with E-state index in [0.29, 0.717) is 11.8 Å². The van der Waals surface area contributed by atoms with Gasteiger partial charge in [-0.1, -0.05) is 60.7 Å². The van der Waals surface area contributed by atoms with Crippen molar-refractivity contribution in [3.63, 3.8) is 0 Å². The minimum atomic E-state index is -0.112. The molecule has 20 heavy (non-hydrogen) atoms. The van der Waals surface area contributed by atoms with Gasteiger partial charge in [0, 0.05) is 17.2 Å². The van der Waals surface area contributed by atoms with Crippen molar-refractivity contribution in [1.29, 1.82) is 0 Å². The lowest BCUT2D eigenvalue weighted by Crippen LogP contribution is -2.30.